The highest BCUT2D eigenvalue weighted by molar-refractivity contribution is 5.85. The highest BCUT2D eigenvalue weighted by Crippen LogP contribution is 2.40. The van der Waals surface area contributed by atoms with Gasteiger partial charge in [-0.2, -0.15) is 18.2 Å². The van der Waals surface area contributed by atoms with Crippen molar-refractivity contribution in [3.63, 3.8) is 0 Å². The topological polar surface area (TPSA) is 79.5 Å². The van der Waals surface area contributed by atoms with E-state index in [1.807, 2.05) is 30.3 Å². The SMILES string of the molecule is CC(c1nc(Cc2ccccc2)no1)N1C[C@@H](C(F)(F)F)[C@H](C(=O)O)C1.Cl. The zero-order valence-electron chi connectivity index (χ0n) is 14.4. The number of aliphatic carboxylic acids is 1. The first-order valence-electron chi connectivity index (χ1n) is 8.15. The van der Waals surface area contributed by atoms with Crippen molar-refractivity contribution < 1.29 is 27.6 Å². The maximum absolute atomic E-state index is 13.1. The Balaban J connectivity index is 0.00000261. The zero-order chi connectivity index (χ0) is 18.9. The lowest BCUT2D eigenvalue weighted by atomic mass is 9.96. The van der Waals surface area contributed by atoms with E-state index in [1.165, 1.54) is 4.90 Å². The molecule has 1 saturated heterocycles. The van der Waals surface area contributed by atoms with Crippen LogP contribution in [-0.2, 0) is 11.2 Å². The maximum atomic E-state index is 13.1. The summed E-state index contributed by atoms with van der Waals surface area (Å²) in [4.78, 5) is 16.9. The van der Waals surface area contributed by atoms with E-state index in [1.54, 1.807) is 6.92 Å². The summed E-state index contributed by atoms with van der Waals surface area (Å²) in [7, 11) is 0. The third kappa shape index (κ3) is 4.78. The second-order valence-corrected chi connectivity index (χ2v) is 6.43. The molecular weight excluding hydrogens is 387 g/mol. The van der Waals surface area contributed by atoms with Crippen LogP contribution in [0.4, 0.5) is 13.2 Å². The quantitative estimate of drug-likeness (QED) is 0.821. The number of nitrogens with zero attached hydrogens (tertiary/aromatic N) is 3. The molecule has 1 aromatic carbocycles. The van der Waals surface area contributed by atoms with Crippen LogP contribution in [0.5, 0.6) is 0 Å². The average Bonchev–Trinajstić information content (AvgIpc) is 3.22. The molecule has 1 aliphatic heterocycles. The third-order valence-electron chi connectivity index (χ3n) is 4.68. The van der Waals surface area contributed by atoms with Crippen LogP contribution in [0.3, 0.4) is 0 Å². The fourth-order valence-electron chi connectivity index (χ4n) is 3.18. The Kier molecular flexibility index (Phi) is 6.48. The summed E-state index contributed by atoms with van der Waals surface area (Å²) in [6, 6.07) is 8.87. The smallest absolute Gasteiger partial charge is 0.393 e. The number of carbonyl (C=O) groups is 1. The van der Waals surface area contributed by atoms with Gasteiger partial charge in [0, 0.05) is 19.5 Å². The minimum Gasteiger partial charge on any atom is -0.481 e. The van der Waals surface area contributed by atoms with Crippen molar-refractivity contribution in [1.82, 2.24) is 15.0 Å². The average molecular weight is 406 g/mol. The van der Waals surface area contributed by atoms with Gasteiger partial charge in [-0.05, 0) is 12.5 Å². The van der Waals surface area contributed by atoms with Crippen molar-refractivity contribution in [1.29, 1.82) is 0 Å². The monoisotopic (exact) mass is 405 g/mol. The number of aromatic nitrogens is 2. The molecule has 3 rings (SSSR count). The highest BCUT2D eigenvalue weighted by atomic mass is 35.5. The molecule has 0 spiro atoms. The Morgan fingerprint density at radius 1 is 1.33 bits per heavy atom. The second kappa shape index (κ2) is 8.26. The van der Waals surface area contributed by atoms with Crippen LogP contribution in [-0.4, -0.2) is 45.4 Å². The summed E-state index contributed by atoms with van der Waals surface area (Å²) in [6.45, 7) is 1.02. The lowest BCUT2D eigenvalue weighted by Crippen LogP contribution is -2.33. The maximum Gasteiger partial charge on any atom is 0.393 e. The molecule has 0 bridgehead atoms. The molecule has 0 radical (unpaired) electrons. The molecule has 3 atom stereocenters. The first-order valence-corrected chi connectivity index (χ1v) is 8.15. The van der Waals surface area contributed by atoms with E-state index in [0.29, 0.717) is 12.2 Å². The molecule has 1 N–H and O–H groups in total. The van der Waals surface area contributed by atoms with Gasteiger partial charge in [0.1, 0.15) is 0 Å². The molecule has 1 fully saturated rings. The minimum absolute atomic E-state index is 0. The largest absolute Gasteiger partial charge is 0.481 e. The van der Waals surface area contributed by atoms with Gasteiger partial charge in [-0.25, -0.2) is 0 Å². The number of alkyl halides is 3. The summed E-state index contributed by atoms with van der Waals surface area (Å²) in [6.07, 6.45) is -4.12. The summed E-state index contributed by atoms with van der Waals surface area (Å²) >= 11 is 0. The van der Waals surface area contributed by atoms with E-state index < -0.39 is 36.6 Å². The van der Waals surface area contributed by atoms with Crippen LogP contribution in [0.15, 0.2) is 34.9 Å². The fraction of sp³-hybridized carbons (Fsp3) is 0.471. The molecule has 1 aliphatic rings. The van der Waals surface area contributed by atoms with E-state index in [9.17, 15) is 18.0 Å². The molecule has 148 valence electrons. The molecule has 2 heterocycles. The van der Waals surface area contributed by atoms with Crippen LogP contribution in [0, 0.1) is 11.8 Å². The Morgan fingerprint density at radius 2 is 2.00 bits per heavy atom. The van der Waals surface area contributed by atoms with Crippen molar-refractivity contribution in [3.05, 3.63) is 47.6 Å². The molecule has 0 aliphatic carbocycles. The first kappa shape index (κ1) is 21.2. The van der Waals surface area contributed by atoms with Crippen molar-refractivity contribution in [3.8, 4) is 0 Å². The minimum atomic E-state index is -4.56. The lowest BCUT2D eigenvalue weighted by molar-refractivity contribution is -0.188. The van der Waals surface area contributed by atoms with Gasteiger partial charge in [-0.3, -0.25) is 9.69 Å². The Hall–Kier alpha value is -2.13. The van der Waals surface area contributed by atoms with Crippen LogP contribution >= 0.6 is 12.4 Å². The third-order valence-corrected chi connectivity index (χ3v) is 4.68. The molecule has 2 aromatic rings. The van der Waals surface area contributed by atoms with Crippen LogP contribution in [0.2, 0.25) is 0 Å². The highest BCUT2D eigenvalue weighted by Gasteiger charge is 2.53. The lowest BCUT2D eigenvalue weighted by Gasteiger charge is -2.21. The van der Waals surface area contributed by atoms with E-state index in [0.717, 1.165) is 5.56 Å². The molecule has 1 unspecified atom stereocenters. The van der Waals surface area contributed by atoms with E-state index in [2.05, 4.69) is 10.1 Å². The van der Waals surface area contributed by atoms with Gasteiger partial charge < -0.3 is 9.63 Å². The van der Waals surface area contributed by atoms with Crippen LogP contribution in [0.25, 0.3) is 0 Å². The molecule has 10 heteroatoms. The van der Waals surface area contributed by atoms with E-state index in [-0.39, 0.29) is 24.8 Å². The summed E-state index contributed by atoms with van der Waals surface area (Å²) in [5.74, 6) is -4.24. The number of carboxylic acids is 1. The number of halogens is 4. The number of hydrogen-bond acceptors (Lipinski definition) is 5. The summed E-state index contributed by atoms with van der Waals surface area (Å²) < 4.78 is 44.5. The van der Waals surface area contributed by atoms with Crippen LogP contribution in [0.1, 0.15) is 30.2 Å². The number of likely N-dealkylation sites (tertiary alicyclic amines) is 1. The van der Waals surface area contributed by atoms with Crippen molar-refractivity contribution >= 4 is 18.4 Å². The summed E-state index contributed by atoms with van der Waals surface area (Å²) in [5.41, 5.74) is 0.983. The molecule has 27 heavy (non-hydrogen) atoms. The Bertz CT molecular complexity index is 770. The Labute approximate surface area is 159 Å². The first-order chi connectivity index (χ1) is 12.3. The van der Waals surface area contributed by atoms with Gasteiger partial charge >= 0.3 is 12.1 Å². The summed E-state index contributed by atoms with van der Waals surface area (Å²) in [5, 5.41) is 13.0. The van der Waals surface area contributed by atoms with Gasteiger partial charge in [-0.1, -0.05) is 35.5 Å². The van der Waals surface area contributed by atoms with Gasteiger partial charge in [0.2, 0.25) is 5.89 Å². The standard InChI is InChI=1S/C17H18F3N3O3.ClH/c1-10(23-8-12(16(24)25)13(9-23)17(18,19)20)15-21-14(22-26-15)7-11-5-3-2-4-6-11;/h2-6,10,12-13H,7-9H2,1H3,(H,24,25);1H/t10?,12-,13-;/m1./s1. The number of benzene rings is 1. The number of carboxylic acid groups (broad SMARTS) is 1. The Morgan fingerprint density at radius 3 is 2.56 bits per heavy atom. The van der Waals surface area contributed by atoms with Crippen molar-refractivity contribution in [2.75, 3.05) is 13.1 Å². The molecular formula is C17H19ClF3N3O3. The van der Waals surface area contributed by atoms with Gasteiger partial charge in [0.15, 0.2) is 5.82 Å². The molecule has 1 aromatic heterocycles. The molecule has 0 saturated carbocycles. The molecule has 6 nitrogen and oxygen atoms in total. The van der Waals surface area contributed by atoms with Gasteiger partial charge in [-0.15, -0.1) is 12.4 Å². The van der Waals surface area contributed by atoms with E-state index in [4.69, 9.17) is 9.63 Å². The fourth-order valence-corrected chi connectivity index (χ4v) is 3.18. The van der Waals surface area contributed by atoms with Gasteiger partial charge in [0.25, 0.3) is 0 Å². The number of hydrogen-bond donors (Lipinski definition) is 1. The number of rotatable bonds is 5. The van der Waals surface area contributed by atoms with Crippen molar-refractivity contribution in [2.45, 2.75) is 25.6 Å². The van der Waals surface area contributed by atoms with Gasteiger partial charge in [0.05, 0.1) is 17.9 Å². The predicted octanol–water partition coefficient (Wildman–Crippen LogP) is 3.34. The predicted molar refractivity (Wildman–Crippen MR) is 91.5 cm³/mol. The molecule has 0 amide bonds. The second-order valence-electron chi connectivity index (χ2n) is 6.43. The van der Waals surface area contributed by atoms with Crippen LogP contribution < -0.4 is 0 Å². The zero-order valence-corrected chi connectivity index (χ0v) is 15.2. The van der Waals surface area contributed by atoms with Crippen molar-refractivity contribution in [2.24, 2.45) is 11.8 Å². The normalized spacial score (nSPS) is 21.6. The van der Waals surface area contributed by atoms with E-state index >= 15 is 0 Å².